The number of unbranched alkanes of at least 4 members (excludes halogenated alkanes) is 1. The standard InChI is InChI=1S/C15H29N5S/c1-13-17-9-11-20(13)10-7-6-8-18-14(16-4)19-12-15(2,3)21-5/h9,11H,6-8,10,12H2,1-5H3,(H2,16,18,19). The van der Waals surface area contributed by atoms with Crippen LogP contribution in [0.25, 0.3) is 0 Å². The molecule has 0 bridgehead atoms. The van der Waals surface area contributed by atoms with Gasteiger partial charge in [0.1, 0.15) is 5.82 Å². The molecule has 0 spiro atoms. The monoisotopic (exact) mass is 311 g/mol. The Kier molecular flexibility index (Phi) is 7.64. The first-order valence-electron chi connectivity index (χ1n) is 7.46. The Balaban J connectivity index is 2.17. The number of hydrogen-bond acceptors (Lipinski definition) is 3. The molecule has 1 aromatic rings. The number of nitrogens with one attached hydrogen (secondary N) is 2. The molecule has 0 aliphatic heterocycles. The summed E-state index contributed by atoms with van der Waals surface area (Å²) in [5.41, 5.74) is 0. The molecule has 21 heavy (non-hydrogen) atoms. The highest BCUT2D eigenvalue weighted by molar-refractivity contribution is 7.99. The lowest BCUT2D eigenvalue weighted by molar-refractivity contribution is 0.586. The lowest BCUT2D eigenvalue weighted by atomic mass is 10.2. The lowest BCUT2D eigenvalue weighted by Gasteiger charge is -2.23. The highest BCUT2D eigenvalue weighted by Crippen LogP contribution is 2.19. The first-order chi connectivity index (χ1) is 9.98. The van der Waals surface area contributed by atoms with Gasteiger partial charge in [-0.05, 0) is 39.9 Å². The molecule has 0 aliphatic carbocycles. The Hall–Kier alpha value is -1.17. The lowest BCUT2D eigenvalue weighted by Crippen LogP contribution is -2.43. The number of guanidine groups is 1. The van der Waals surface area contributed by atoms with Crippen LogP contribution in [0.2, 0.25) is 0 Å². The summed E-state index contributed by atoms with van der Waals surface area (Å²) < 4.78 is 2.41. The summed E-state index contributed by atoms with van der Waals surface area (Å²) in [5.74, 6) is 1.97. The quantitative estimate of drug-likeness (QED) is 0.439. The van der Waals surface area contributed by atoms with Crippen molar-refractivity contribution < 1.29 is 0 Å². The van der Waals surface area contributed by atoms with Gasteiger partial charge in [0, 0.05) is 43.8 Å². The molecular weight excluding hydrogens is 282 g/mol. The molecule has 0 amide bonds. The maximum absolute atomic E-state index is 4.26. The van der Waals surface area contributed by atoms with Gasteiger partial charge in [0.25, 0.3) is 0 Å². The van der Waals surface area contributed by atoms with Crippen LogP contribution in [0.15, 0.2) is 17.4 Å². The minimum Gasteiger partial charge on any atom is -0.356 e. The predicted molar refractivity (Wildman–Crippen MR) is 93.2 cm³/mol. The van der Waals surface area contributed by atoms with Gasteiger partial charge >= 0.3 is 0 Å². The molecular formula is C15H29N5S. The molecule has 5 nitrogen and oxygen atoms in total. The minimum atomic E-state index is 0.219. The summed E-state index contributed by atoms with van der Waals surface area (Å²) in [4.78, 5) is 8.49. The van der Waals surface area contributed by atoms with Gasteiger partial charge in [-0.1, -0.05) is 0 Å². The number of rotatable bonds is 8. The Bertz CT molecular complexity index is 439. The van der Waals surface area contributed by atoms with E-state index in [9.17, 15) is 0 Å². The molecule has 120 valence electrons. The van der Waals surface area contributed by atoms with Crippen molar-refractivity contribution in [2.24, 2.45) is 4.99 Å². The van der Waals surface area contributed by atoms with Crippen LogP contribution in [-0.2, 0) is 6.54 Å². The van der Waals surface area contributed by atoms with Gasteiger partial charge in [0.05, 0.1) is 0 Å². The van der Waals surface area contributed by atoms with Crippen LogP contribution >= 0.6 is 11.8 Å². The number of hydrogen-bond donors (Lipinski definition) is 2. The second-order valence-corrected chi connectivity index (χ2v) is 7.20. The van der Waals surface area contributed by atoms with Crippen LogP contribution in [0.3, 0.4) is 0 Å². The van der Waals surface area contributed by atoms with E-state index in [-0.39, 0.29) is 4.75 Å². The van der Waals surface area contributed by atoms with E-state index in [2.05, 4.69) is 45.3 Å². The van der Waals surface area contributed by atoms with Crippen LogP contribution in [0.4, 0.5) is 0 Å². The van der Waals surface area contributed by atoms with Crippen molar-refractivity contribution in [2.45, 2.75) is 44.9 Å². The fraction of sp³-hybridized carbons (Fsp3) is 0.733. The van der Waals surface area contributed by atoms with Crippen molar-refractivity contribution >= 4 is 17.7 Å². The average molecular weight is 311 g/mol. The van der Waals surface area contributed by atoms with E-state index in [1.165, 1.54) is 0 Å². The molecule has 0 unspecified atom stereocenters. The smallest absolute Gasteiger partial charge is 0.191 e. The maximum atomic E-state index is 4.26. The zero-order valence-electron chi connectivity index (χ0n) is 13.9. The summed E-state index contributed by atoms with van der Waals surface area (Å²) in [6.07, 6.45) is 8.28. The predicted octanol–water partition coefficient (Wildman–Crippen LogP) is 2.28. The van der Waals surface area contributed by atoms with Crippen LogP contribution in [0.1, 0.15) is 32.5 Å². The second kappa shape index (κ2) is 8.97. The third kappa shape index (κ3) is 6.89. The fourth-order valence-corrected chi connectivity index (χ4v) is 2.06. The van der Waals surface area contributed by atoms with Crippen molar-refractivity contribution in [3.05, 3.63) is 18.2 Å². The molecule has 0 radical (unpaired) electrons. The third-order valence-electron chi connectivity index (χ3n) is 3.50. The van der Waals surface area contributed by atoms with E-state index in [1.54, 1.807) is 0 Å². The summed E-state index contributed by atoms with van der Waals surface area (Å²) >= 11 is 1.86. The van der Waals surface area contributed by atoms with Gasteiger partial charge in [0.2, 0.25) is 0 Å². The van der Waals surface area contributed by atoms with E-state index >= 15 is 0 Å². The average Bonchev–Trinajstić information content (AvgIpc) is 2.87. The number of aromatic nitrogens is 2. The fourth-order valence-electron chi connectivity index (χ4n) is 1.84. The molecule has 0 saturated heterocycles. The van der Waals surface area contributed by atoms with Gasteiger partial charge in [-0.3, -0.25) is 4.99 Å². The highest BCUT2D eigenvalue weighted by Gasteiger charge is 2.15. The molecule has 0 aliphatic rings. The highest BCUT2D eigenvalue weighted by atomic mass is 32.2. The summed E-state index contributed by atoms with van der Waals surface area (Å²) in [7, 11) is 1.82. The molecule has 6 heteroatoms. The summed E-state index contributed by atoms with van der Waals surface area (Å²) in [6.45, 7) is 9.36. The maximum Gasteiger partial charge on any atom is 0.191 e. The first kappa shape index (κ1) is 17.9. The largest absolute Gasteiger partial charge is 0.356 e. The van der Waals surface area contributed by atoms with Crippen LogP contribution in [0.5, 0.6) is 0 Å². The molecule has 0 atom stereocenters. The van der Waals surface area contributed by atoms with Crippen LogP contribution in [0, 0.1) is 6.92 Å². The molecule has 0 fully saturated rings. The van der Waals surface area contributed by atoms with Crippen LogP contribution in [-0.4, -0.2) is 46.7 Å². The second-order valence-electron chi connectivity index (χ2n) is 5.69. The van der Waals surface area contributed by atoms with Crippen molar-refractivity contribution in [1.29, 1.82) is 0 Å². The van der Waals surface area contributed by atoms with E-state index in [4.69, 9.17) is 0 Å². The Morgan fingerprint density at radius 1 is 1.38 bits per heavy atom. The Labute approximate surface area is 133 Å². The van der Waals surface area contributed by atoms with Gasteiger partial charge in [-0.25, -0.2) is 4.98 Å². The van der Waals surface area contributed by atoms with E-state index in [1.807, 2.05) is 38.1 Å². The molecule has 1 heterocycles. The van der Waals surface area contributed by atoms with Gasteiger partial charge in [-0.2, -0.15) is 11.8 Å². The molecule has 2 N–H and O–H groups in total. The Morgan fingerprint density at radius 3 is 2.71 bits per heavy atom. The number of aliphatic imine (C=N–C) groups is 1. The molecule has 0 saturated carbocycles. The zero-order valence-corrected chi connectivity index (χ0v) is 14.8. The number of thioether (sulfide) groups is 1. The molecule has 1 aromatic heterocycles. The number of aryl methyl sites for hydroxylation is 2. The van der Waals surface area contributed by atoms with E-state index in [0.717, 1.165) is 44.3 Å². The molecule has 1 rings (SSSR count). The van der Waals surface area contributed by atoms with Crippen molar-refractivity contribution in [2.75, 3.05) is 26.4 Å². The van der Waals surface area contributed by atoms with Gasteiger partial charge in [0.15, 0.2) is 5.96 Å². The summed E-state index contributed by atoms with van der Waals surface area (Å²) in [6, 6.07) is 0. The number of nitrogens with zero attached hydrogens (tertiary/aromatic N) is 3. The first-order valence-corrected chi connectivity index (χ1v) is 8.68. The summed E-state index contributed by atoms with van der Waals surface area (Å²) in [5, 5.41) is 6.74. The van der Waals surface area contributed by atoms with Crippen molar-refractivity contribution in [1.82, 2.24) is 20.2 Å². The van der Waals surface area contributed by atoms with E-state index in [0.29, 0.717) is 0 Å². The molecule has 0 aromatic carbocycles. The minimum absolute atomic E-state index is 0.219. The van der Waals surface area contributed by atoms with Gasteiger partial charge in [-0.15, -0.1) is 0 Å². The van der Waals surface area contributed by atoms with E-state index < -0.39 is 0 Å². The normalized spacial score (nSPS) is 12.5. The third-order valence-corrected chi connectivity index (χ3v) is 4.75. The van der Waals surface area contributed by atoms with Crippen molar-refractivity contribution in [3.8, 4) is 0 Å². The number of imidazole rings is 1. The van der Waals surface area contributed by atoms with Crippen LogP contribution < -0.4 is 10.6 Å². The Morgan fingerprint density at radius 2 is 2.14 bits per heavy atom. The van der Waals surface area contributed by atoms with Gasteiger partial charge < -0.3 is 15.2 Å². The topological polar surface area (TPSA) is 54.2 Å². The van der Waals surface area contributed by atoms with Crippen molar-refractivity contribution in [3.63, 3.8) is 0 Å². The zero-order chi connectivity index (χ0) is 15.7. The SMILES string of the molecule is CN=C(NCCCCn1ccnc1C)NCC(C)(C)SC.